The topological polar surface area (TPSA) is 18.5 Å². The van der Waals surface area contributed by atoms with Gasteiger partial charge in [-0.3, -0.25) is 0 Å². The molecule has 82 valence electrons. The Morgan fingerprint density at radius 3 is 2.60 bits per heavy atom. The van der Waals surface area contributed by atoms with Crippen LogP contribution in [0.5, 0.6) is 0 Å². The van der Waals surface area contributed by atoms with Crippen molar-refractivity contribution >= 4 is 0 Å². The Balaban J connectivity index is 1.80. The van der Waals surface area contributed by atoms with Crippen molar-refractivity contribution in [3.63, 3.8) is 0 Å². The highest BCUT2D eigenvalue weighted by molar-refractivity contribution is 5.14. The molecule has 0 bridgehead atoms. The van der Waals surface area contributed by atoms with Crippen molar-refractivity contribution in [2.45, 2.75) is 38.6 Å². The third-order valence-electron chi connectivity index (χ3n) is 2.67. The molecule has 1 unspecified atom stereocenters. The predicted molar refractivity (Wildman–Crippen MR) is 59.7 cm³/mol. The summed E-state index contributed by atoms with van der Waals surface area (Å²) in [5, 5.41) is 0. The van der Waals surface area contributed by atoms with Crippen molar-refractivity contribution < 1.29 is 9.47 Å². The fourth-order valence-electron chi connectivity index (χ4n) is 1.88. The quantitative estimate of drug-likeness (QED) is 0.757. The standard InChI is InChI=1S/C13H18O2/c1-13(2)14-10-12(15-13)9-8-11-6-4-3-5-7-11/h3-7,12H,8-10H2,1-2H3. The van der Waals surface area contributed by atoms with Gasteiger partial charge in [0.25, 0.3) is 0 Å². The average Bonchev–Trinajstić information content (AvgIpc) is 2.57. The summed E-state index contributed by atoms with van der Waals surface area (Å²) in [5.74, 6) is -0.388. The zero-order chi connectivity index (χ0) is 10.7. The van der Waals surface area contributed by atoms with E-state index in [0.717, 1.165) is 19.4 Å². The molecule has 0 saturated carbocycles. The molecule has 1 atom stereocenters. The highest BCUT2D eigenvalue weighted by atomic mass is 16.7. The Kier molecular flexibility index (Phi) is 3.08. The molecule has 0 N–H and O–H groups in total. The molecule has 0 aliphatic carbocycles. The van der Waals surface area contributed by atoms with Gasteiger partial charge in [-0.05, 0) is 32.3 Å². The first-order chi connectivity index (χ1) is 7.16. The van der Waals surface area contributed by atoms with Crippen LogP contribution in [-0.2, 0) is 15.9 Å². The molecular formula is C13H18O2. The van der Waals surface area contributed by atoms with Crippen LogP contribution in [0.4, 0.5) is 0 Å². The van der Waals surface area contributed by atoms with E-state index in [0.29, 0.717) is 0 Å². The van der Waals surface area contributed by atoms with Crippen LogP contribution in [0.15, 0.2) is 30.3 Å². The van der Waals surface area contributed by atoms with Crippen molar-refractivity contribution in [3.05, 3.63) is 35.9 Å². The van der Waals surface area contributed by atoms with Gasteiger partial charge in [0, 0.05) is 0 Å². The molecule has 0 radical (unpaired) electrons. The number of aryl methyl sites for hydroxylation is 1. The molecule has 2 nitrogen and oxygen atoms in total. The molecule has 2 heteroatoms. The van der Waals surface area contributed by atoms with Crippen LogP contribution in [0, 0.1) is 0 Å². The SMILES string of the molecule is CC1(C)OCC(CCc2ccccc2)O1. The fourth-order valence-corrected chi connectivity index (χ4v) is 1.88. The molecule has 1 heterocycles. The lowest BCUT2D eigenvalue weighted by atomic mass is 10.1. The predicted octanol–water partition coefficient (Wildman–Crippen LogP) is 2.77. The highest BCUT2D eigenvalue weighted by Crippen LogP contribution is 2.24. The second kappa shape index (κ2) is 4.33. The summed E-state index contributed by atoms with van der Waals surface area (Å²) >= 11 is 0. The van der Waals surface area contributed by atoms with Gasteiger partial charge in [-0.15, -0.1) is 0 Å². The lowest BCUT2D eigenvalue weighted by molar-refractivity contribution is -0.138. The fraction of sp³-hybridized carbons (Fsp3) is 0.538. The van der Waals surface area contributed by atoms with E-state index in [4.69, 9.17) is 9.47 Å². The van der Waals surface area contributed by atoms with Crippen LogP contribution in [-0.4, -0.2) is 18.5 Å². The average molecular weight is 206 g/mol. The summed E-state index contributed by atoms with van der Waals surface area (Å²) in [6.07, 6.45) is 2.35. The second-order valence-corrected chi connectivity index (χ2v) is 4.47. The molecule has 15 heavy (non-hydrogen) atoms. The van der Waals surface area contributed by atoms with E-state index in [1.165, 1.54) is 5.56 Å². The Morgan fingerprint density at radius 2 is 2.00 bits per heavy atom. The van der Waals surface area contributed by atoms with E-state index >= 15 is 0 Å². The molecule has 1 fully saturated rings. The molecule has 1 aliphatic rings. The number of hydrogen-bond acceptors (Lipinski definition) is 2. The highest BCUT2D eigenvalue weighted by Gasteiger charge is 2.31. The summed E-state index contributed by atoms with van der Waals surface area (Å²) in [5.41, 5.74) is 1.37. The molecule has 1 saturated heterocycles. The molecular weight excluding hydrogens is 188 g/mol. The summed E-state index contributed by atoms with van der Waals surface area (Å²) in [6.45, 7) is 4.66. The summed E-state index contributed by atoms with van der Waals surface area (Å²) < 4.78 is 11.3. The summed E-state index contributed by atoms with van der Waals surface area (Å²) in [4.78, 5) is 0. The van der Waals surface area contributed by atoms with Gasteiger partial charge < -0.3 is 9.47 Å². The van der Waals surface area contributed by atoms with E-state index in [-0.39, 0.29) is 11.9 Å². The van der Waals surface area contributed by atoms with Gasteiger partial charge in [0.15, 0.2) is 5.79 Å². The maximum absolute atomic E-state index is 5.75. The van der Waals surface area contributed by atoms with Gasteiger partial charge in [-0.2, -0.15) is 0 Å². The maximum atomic E-state index is 5.75. The normalized spacial score (nSPS) is 24.3. The minimum Gasteiger partial charge on any atom is -0.348 e. The Bertz CT molecular complexity index is 306. The van der Waals surface area contributed by atoms with Crippen LogP contribution in [0.3, 0.4) is 0 Å². The van der Waals surface area contributed by atoms with E-state index in [2.05, 4.69) is 24.3 Å². The van der Waals surface area contributed by atoms with E-state index < -0.39 is 0 Å². The molecule has 1 aliphatic heterocycles. The first-order valence-corrected chi connectivity index (χ1v) is 5.51. The van der Waals surface area contributed by atoms with Gasteiger partial charge in [-0.25, -0.2) is 0 Å². The van der Waals surface area contributed by atoms with E-state index in [1.807, 2.05) is 19.9 Å². The first kappa shape index (κ1) is 10.7. The van der Waals surface area contributed by atoms with E-state index in [1.54, 1.807) is 0 Å². The largest absolute Gasteiger partial charge is 0.348 e. The van der Waals surface area contributed by atoms with Gasteiger partial charge >= 0.3 is 0 Å². The Labute approximate surface area is 91.2 Å². The molecule has 0 spiro atoms. The Hall–Kier alpha value is -0.860. The van der Waals surface area contributed by atoms with Crippen LogP contribution in [0.25, 0.3) is 0 Å². The third-order valence-corrected chi connectivity index (χ3v) is 2.67. The molecule has 0 aromatic heterocycles. The number of hydrogen-bond donors (Lipinski definition) is 0. The zero-order valence-corrected chi connectivity index (χ0v) is 9.40. The van der Waals surface area contributed by atoms with Gasteiger partial charge in [0.2, 0.25) is 0 Å². The number of benzene rings is 1. The molecule has 1 aromatic rings. The van der Waals surface area contributed by atoms with Crippen molar-refractivity contribution in [1.82, 2.24) is 0 Å². The van der Waals surface area contributed by atoms with Crippen LogP contribution in [0.2, 0.25) is 0 Å². The molecule has 0 amide bonds. The lowest BCUT2D eigenvalue weighted by Crippen LogP contribution is -2.21. The van der Waals surface area contributed by atoms with Crippen molar-refractivity contribution in [2.75, 3.05) is 6.61 Å². The maximum Gasteiger partial charge on any atom is 0.163 e. The lowest BCUT2D eigenvalue weighted by Gasteiger charge is -2.16. The summed E-state index contributed by atoms with van der Waals surface area (Å²) in [7, 11) is 0. The zero-order valence-electron chi connectivity index (χ0n) is 9.40. The van der Waals surface area contributed by atoms with Crippen LogP contribution in [0.1, 0.15) is 25.8 Å². The van der Waals surface area contributed by atoms with Gasteiger partial charge in [0.05, 0.1) is 12.7 Å². The minimum atomic E-state index is -0.388. The van der Waals surface area contributed by atoms with Gasteiger partial charge in [-0.1, -0.05) is 30.3 Å². The second-order valence-electron chi connectivity index (χ2n) is 4.47. The smallest absolute Gasteiger partial charge is 0.163 e. The van der Waals surface area contributed by atoms with Crippen LogP contribution >= 0.6 is 0 Å². The number of ether oxygens (including phenoxy) is 2. The molecule has 2 rings (SSSR count). The summed E-state index contributed by atoms with van der Waals surface area (Å²) in [6, 6.07) is 10.5. The number of rotatable bonds is 3. The molecule has 1 aromatic carbocycles. The van der Waals surface area contributed by atoms with Crippen molar-refractivity contribution in [3.8, 4) is 0 Å². The van der Waals surface area contributed by atoms with E-state index in [9.17, 15) is 0 Å². The third kappa shape index (κ3) is 3.05. The van der Waals surface area contributed by atoms with Crippen LogP contribution < -0.4 is 0 Å². The Morgan fingerprint density at radius 1 is 1.27 bits per heavy atom. The van der Waals surface area contributed by atoms with Crippen molar-refractivity contribution in [1.29, 1.82) is 0 Å². The monoisotopic (exact) mass is 206 g/mol. The van der Waals surface area contributed by atoms with Crippen molar-refractivity contribution in [2.24, 2.45) is 0 Å². The first-order valence-electron chi connectivity index (χ1n) is 5.51. The van der Waals surface area contributed by atoms with Gasteiger partial charge in [0.1, 0.15) is 0 Å². The minimum absolute atomic E-state index is 0.250.